The summed E-state index contributed by atoms with van der Waals surface area (Å²) in [4.78, 5) is 16.9. The van der Waals surface area contributed by atoms with Crippen LogP contribution in [0.15, 0.2) is 60.8 Å². The van der Waals surface area contributed by atoms with E-state index in [-0.39, 0.29) is 40.7 Å². The minimum absolute atomic E-state index is 0.0102. The molecule has 5 rings (SSSR count). The van der Waals surface area contributed by atoms with Crippen molar-refractivity contribution in [3.8, 4) is 17.0 Å². The summed E-state index contributed by atoms with van der Waals surface area (Å²) in [5.74, 6) is -4.09. The average Bonchev–Trinajstić information content (AvgIpc) is 3.43. The largest absolute Gasteiger partial charge is 0.491 e. The Morgan fingerprint density at radius 3 is 2.57 bits per heavy atom. The lowest BCUT2D eigenvalue weighted by Crippen LogP contribution is -2.21. The molecule has 0 saturated carbocycles. The number of sulfonamides is 1. The smallest absolute Gasteiger partial charge is 0.355 e. The van der Waals surface area contributed by atoms with E-state index in [0.717, 1.165) is 24.0 Å². The van der Waals surface area contributed by atoms with E-state index in [1.807, 2.05) is 16.9 Å². The number of rotatable bonds is 12. The van der Waals surface area contributed by atoms with E-state index in [1.54, 1.807) is 18.3 Å². The van der Waals surface area contributed by atoms with Gasteiger partial charge in [-0.25, -0.2) is 17.8 Å². The molecule has 232 valence electrons. The van der Waals surface area contributed by atoms with Gasteiger partial charge in [-0.05, 0) is 66.3 Å². The number of carbonyl (C=O) groups excluding carboxylic acids is 1. The topological polar surface area (TPSA) is 161 Å². The molecule has 4 aromatic rings. The zero-order valence-electron chi connectivity index (χ0n) is 23.2. The summed E-state index contributed by atoms with van der Waals surface area (Å²) >= 11 is 0. The molecule has 15 heteroatoms. The molecule has 1 amide bonds. The predicted octanol–water partition coefficient (Wildman–Crippen LogP) is 4.93. The summed E-state index contributed by atoms with van der Waals surface area (Å²) in [5, 5.41) is 10.1. The Hall–Kier alpha value is -4.63. The molecule has 0 spiro atoms. The molecule has 0 radical (unpaired) electrons. The lowest BCUT2D eigenvalue weighted by molar-refractivity contribution is 0.0853. The molecule has 3 heterocycles. The minimum atomic E-state index is -5.02. The number of alkyl halides is 2. The van der Waals surface area contributed by atoms with Gasteiger partial charge in [0.2, 0.25) is 0 Å². The summed E-state index contributed by atoms with van der Waals surface area (Å²) in [7, 11) is -5.02. The number of pyridine rings is 1. The average molecular weight is 631 g/mol. The van der Waals surface area contributed by atoms with Gasteiger partial charge in [-0.15, -0.1) is 0 Å². The van der Waals surface area contributed by atoms with Crippen LogP contribution in [-0.2, 0) is 21.2 Å². The predicted molar refractivity (Wildman–Crippen MR) is 157 cm³/mol. The number of halogens is 3. The lowest BCUT2D eigenvalue weighted by atomic mass is 9.92. The number of anilines is 3. The van der Waals surface area contributed by atoms with Gasteiger partial charge in [0, 0.05) is 31.4 Å². The molecule has 1 saturated heterocycles. The van der Waals surface area contributed by atoms with Gasteiger partial charge in [-0.3, -0.25) is 14.6 Å². The number of aromatic amines is 1. The van der Waals surface area contributed by atoms with Crippen molar-refractivity contribution in [3.05, 3.63) is 83.3 Å². The van der Waals surface area contributed by atoms with E-state index in [9.17, 15) is 26.4 Å². The highest BCUT2D eigenvalue weighted by atomic mass is 32.2. The SMILES string of the molecule is NC(=O)c1c(-c2ccc(NS(=O)(=O)C(F)F)c(OCCc3ccc(F)cc3)c2)n[nH]c1Nc1cc(C2CCOCC2)ccn1. The quantitative estimate of drug-likeness (QED) is 0.171. The van der Waals surface area contributed by atoms with Crippen molar-refractivity contribution in [2.75, 3.05) is 29.9 Å². The Labute approximate surface area is 251 Å². The van der Waals surface area contributed by atoms with Crippen molar-refractivity contribution in [2.24, 2.45) is 5.73 Å². The Morgan fingerprint density at radius 2 is 1.86 bits per heavy atom. The van der Waals surface area contributed by atoms with Crippen LogP contribution in [-0.4, -0.2) is 55.1 Å². The molecule has 2 aromatic carbocycles. The minimum Gasteiger partial charge on any atom is -0.491 e. The molecular formula is C29H29F3N6O5S. The Balaban J connectivity index is 1.43. The monoisotopic (exact) mass is 630 g/mol. The van der Waals surface area contributed by atoms with E-state index in [0.29, 0.717) is 31.4 Å². The van der Waals surface area contributed by atoms with Crippen molar-refractivity contribution in [1.82, 2.24) is 15.2 Å². The highest BCUT2D eigenvalue weighted by molar-refractivity contribution is 7.93. The Kier molecular flexibility index (Phi) is 9.35. The number of ether oxygens (including phenoxy) is 2. The molecule has 1 fully saturated rings. The van der Waals surface area contributed by atoms with E-state index in [1.165, 1.54) is 30.3 Å². The van der Waals surface area contributed by atoms with Crippen LogP contribution in [0.3, 0.4) is 0 Å². The number of hydrogen-bond acceptors (Lipinski definition) is 8. The number of hydrogen-bond donors (Lipinski definition) is 4. The second-order valence-corrected chi connectivity index (χ2v) is 11.7. The summed E-state index contributed by atoms with van der Waals surface area (Å²) in [6.07, 6.45) is 3.71. The maximum absolute atomic E-state index is 13.3. The first kappa shape index (κ1) is 30.8. The van der Waals surface area contributed by atoms with E-state index in [4.69, 9.17) is 15.2 Å². The molecule has 0 bridgehead atoms. The number of carbonyl (C=O) groups is 1. The summed E-state index contributed by atoms with van der Waals surface area (Å²) in [6.45, 7) is 1.33. The first-order valence-corrected chi connectivity index (χ1v) is 15.2. The molecule has 0 unspecified atom stereocenters. The second-order valence-electron chi connectivity index (χ2n) is 10.0. The Bertz CT molecular complexity index is 1730. The van der Waals surface area contributed by atoms with Crippen LogP contribution in [0.4, 0.5) is 30.5 Å². The molecule has 0 aliphatic carbocycles. The van der Waals surface area contributed by atoms with Crippen LogP contribution in [0.5, 0.6) is 5.75 Å². The van der Waals surface area contributed by atoms with Crippen molar-refractivity contribution < 1.29 is 35.9 Å². The van der Waals surface area contributed by atoms with Crippen molar-refractivity contribution in [1.29, 1.82) is 0 Å². The molecule has 5 N–H and O–H groups in total. The first-order valence-electron chi connectivity index (χ1n) is 13.6. The molecule has 11 nitrogen and oxygen atoms in total. The summed E-state index contributed by atoms with van der Waals surface area (Å²) < 4.78 is 76.4. The number of nitrogens with zero attached hydrogens (tertiary/aromatic N) is 2. The maximum Gasteiger partial charge on any atom is 0.355 e. The number of benzene rings is 2. The number of nitrogens with one attached hydrogen (secondary N) is 3. The van der Waals surface area contributed by atoms with Gasteiger partial charge in [0.1, 0.15) is 34.5 Å². The number of nitrogens with two attached hydrogens (primary N) is 1. The molecule has 1 aliphatic heterocycles. The fourth-order valence-corrected chi connectivity index (χ4v) is 5.37. The fourth-order valence-electron chi connectivity index (χ4n) is 4.81. The number of aromatic nitrogens is 3. The summed E-state index contributed by atoms with van der Waals surface area (Å²) in [6, 6.07) is 13.4. The van der Waals surface area contributed by atoms with Gasteiger partial charge >= 0.3 is 5.76 Å². The second kappa shape index (κ2) is 13.3. The molecule has 44 heavy (non-hydrogen) atoms. The maximum atomic E-state index is 13.3. The third kappa shape index (κ3) is 7.29. The van der Waals surface area contributed by atoms with E-state index in [2.05, 4.69) is 20.5 Å². The molecule has 1 aliphatic rings. The van der Waals surface area contributed by atoms with Crippen LogP contribution < -0.4 is 20.5 Å². The number of amides is 1. The Morgan fingerprint density at radius 1 is 1.11 bits per heavy atom. The number of primary amides is 1. The third-order valence-electron chi connectivity index (χ3n) is 7.05. The van der Waals surface area contributed by atoms with Crippen LogP contribution in [0.25, 0.3) is 11.3 Å². The van der Waals surface area contributed by atoms with E-state index < -0.39 is 27.5 Å². The third-order valence-corrected chi connectivity index (χ3v) is 8.02. The van der Waals surface area contributed by atoms with Crippen molar-refractivity contribution in [3.63, 3.8) is 0 Å². The van der Waals surface area contributed by atoms with Crippen LogP contribution in [0.2, 0.25) is 0 Å². The van der Waals surface area contributed by atoms with Crippen LogP contribution in [0, 0.1) is 5.82 Å². The van der Waals surface area contributed by atoms with Gasteiger partial charge in [-0.1, -0.05) is 18.2 Å². The van der Waals surface area contributed by atoms with Crippen LogP contribution in [0.1, 0.15) is 40.2 Å². The standard InChI is InChI=1S/C29H29F3N6O5S/c30-21-4-1-17(2-5-21)8-14-43-23-15-20(3-6-22(23)38-44(40,41)29(31)32)26-25(27(33)39)28(37-36-26)35-24-16-19(7-11-34-24)18-9-12-42-13-10-18/h1-7,11,15-16,18,29,38H,8-10,12-14H2,(H2,33,39)(H2,34,35,36,37). The van der Waals surface area contributed by atoms with Crippen LogP contribution >= 0.6 is 0 Å². The van der Waals surface area contributed by atoms with Gasteiger partial charge in [0.05, 0.1) is 12.3 Å². The highest BCUT2D eigenvalue weighted by Gasteiger charge is 2.27. The van der Waals surface area contributed by atoms with E-state index >= 15 is 0 Å². The zero-order valence-corrected chi connectivity index (χ0v) is 24.0. The first-order chi connectivity index (χ1) is 21.1. The molecule has 2 aromatic heterocycles. The van der Waals surface area contributed by atoms with Gasteiger partial charge in [-0.2, -0.15) is 13.9 Å². The highest BCUT2D eigenvalue weighted by Crippen LogP contribution is 2.35. The zero-order chi connectivity index (χ0) is 31.3. The van der Waals surface area contributed by atoms with Crippen molar-refractivity contribution in [2.45, 2.75) is 30.9 Å². The summed E-state index contributed by atoms with van der Waals surface area (Å²) in [5.41, 5.74) is 7.64. The normalized spacial score (nSPS) is 14.0. The lowest BCUT2D eigenvalue weighted by Gasteiger charge is -2.22. The number of H-pyrrole nitrogens is 1. The van der Waals surface area contributed by atoms with Gasteiger partial charge < -0.3 is 20.5 Å². The fraction of sp³-hybridized carbons (Fsp3) is 0.276. The van der Waals surface area contributed by atoms with Crippen molar-refractivity contribution >= 4 is 33.3 Å². The molecular weight excluding hydrogens is 601 g/mol. The molecule has 0 atom stereocenters. The van der Waals surface area contributed by atoms with Gasteiger partial charge in [0.25, 0.3) is 15.9 Å². The van der Waals surface area contributed by atoms with Gasteiger partial charge in [0.15, 0.2) is 0 Å².